The molecule has 1 N–H and O–H groups in total. The number of nitrogens with zero attached hydrogens (tertiary/aromatic N) is 2. The van der Waals surface area contributed by atoms with Crippen LogP contribution in [0.1, 0.15) is 23.6 Å². The molecule has 10 heteroatoms. The molecule has 0 heterocycles. The van der Waals surface area contributed by atoms with E-state index in [4.69, 9.17) is 16.3 Å². The van der Waals surface area contributed by atoms with Gasteiger partial charge >= 0.3 is 0 Å². The summed E-state index contributed by atoms with van der Waals surface area (Å²) in [7, 11) is -1.12. The van der Waals surface area contributed by atoms with Crippen LogP contribution in [0.25, 0.3) is 0 Å². The van der Waals surface area contributed by atoms with E-state index in [1.165, 1.54) is 30.1 Å². The summed E-state index contributed by atoms with van der Waals surface area (Å²) in [6.45, 7) is 4.76. The van der Waals surface area contributed by atoms with Crippen LogP contribution in [0, 0.1) is 13.8 Å². The maximum absolute atomic E-state index is 13.9. The molecule has 0 saturated heterocycles. The van der Waals surface area contributed by atoms with Crippen molar-refractivity contribution in [2.24, 2.45) is 0 Å². The monoisotopic (exact) mass is 557 g/mol. The Morgan fingerprint density at radius 3 is 2.21 bits per heavy atom. The summed E-state index contributed by atoms with van der Waals surface area (Å²) in [4.78, 5) is 27.8. The molecule has 0 aliphatic heterocycles. The second kappa shape index (κ2) is 12.3. The smallest absolute Gasteiger partial charge is 0.264 e. The number of carbonyl (C=O) groups is 2. The van der Waals surface area contributed by atoms with E-state index in [1.807, 2.05) is 6.92 Å². The summed E-state index contributed by atoms with van der Waals surface area (Å²) in [5.74, 6) is -0.275. The van der Waals surface area contributed by atoms with Crippen molar-refractivity contribution in [3.05, 3.63) is 88.4 Å². The number of ether oxygens (including phenoxy) is 1. The largest absolute Gasteiger partial charge is 0.497 e. The zero-order valence-electron chi connectivity index (χ0n) is 22.1. The van der Waals surface area contributed by atoms with Crippen LogP contribution in [-0.4, -0.2) is 51.9 Å². The van der Waals surface area contributed by atoms with Crippen molar-refractivity contribution in [3.63, 3.8) is 0 Å². The number of aryl methyl sites for hydroxylation is 2. The normalized spacial score (nSPS) is 11.9. The summed E-state index contributed by atoms with van der Waals surface area (Å²) in [6.07, 6.45) is 0. The third-order valence-corrected chi connectivity index (χ3v) is 8.26. The van der Waals surface area contributed by atoms with Gasteiger partial charge in [-0.2, -0.15) is 0 Å². The van der Waals surface area contributed by atoms with Gasteiger partial charge in [0.1, 0.15) is 18.3 Å². The Balaban J connectivity index is 2.06. The number of hydrogen-bond acceptors (Lipinski definition) is 5. The van der Waals surface area contributed by atoms with Crippen LogP contribution in [0.5, 0.6) is 5.75 Å². The maximum Gasteiger partial charge on any atom is 0.264 e. The molecule has 38 heavy (non-hydrogen) atoms. The van der Waals surface area contributed by atoms with Crippen LogP contribution in [-0.2, 0) is 26.2 Å². The highest BCUT2D eigenvalue weighted by Gasteiger charge is 2.33. The number of likely N-dealkylation sites (N-methyl/N-ethyl adjacent to an activating group) is 1. The molecule has 1 atom stereocenters. The van der Waals surface area contributed by atoms with Crippen LogP contribution in [0.3, 0.4) is 0 Å². The Bertz CT molecular complexity index is 1390. The Labute approximate surface area is 229 Å². The number of rotatable bonds is 10. The first-order chi connectivity index (χ1) is 18.0. The molecule has 202 valence electrons. The molecule has 0 unspecified atom stereocenters. The van der Waals surface area contributed by atoms with E-state index in [-0.39, 0.29) is 23.0 Å². The molecule has 3 aromatic carbocycles. The quantitative estimate of drug-likeness (QED) is 0.400. The molecular weight excluding hydrogens is 526 g/mol. The average molecular weight is 558 g/mol. The second-order valence-corrected chi connectivity index (χ2v) is 11.2. The van der Waals surface area contributed by atoms with Crippen LogP contribution in [0.4, 0.5) is 5.69 Å². The first kappa shape index (κ1) is 29.0. The summed E-state index contributed by atoms with van der Waals surface area (Å²) < 4.78 is 34.0. The van der Waals surface area contributed by atoms with Gasteiger partial charge in [0.15, 0.2) is 0 Å². The third kappa shape index (κ3) is 6.65. The Hall–Kier alpha value is -3.56. The molecule has 0 bridgehead atoms. The molecule has 0 aliphatic carbocycles. The lowest BCUT2D eigenvalue weighted by Gasteiger charge is -2.32. The summed E-state index contributed by atoms with van der Waals surface area (Å²) >= 11 is 6.24. The first-order valence-corrected chi connectivity index (χ1v) is 13.8. The van der Waals surface area contributed by atoms with Gasteiger partial charge in [-0.3, -0.25) is 13.9 Å². The lowest BCUT2D eigenvalue weighted by molar-refractivity contribution is -0.139. The van der Waals surface area contributed by atoms with Gasteiger partial charge in [0.25, 0.3) is 10.0 Å². The highest BCUT2D eigenvalue weighted by molar-refractivity contribution is 7.92. The molecule has 2 amide bonds. The Morgan fingerprint density at radius 2 is 1.63 bits per heavy atom. The highest BCUT2D eigenvalue weighted by atomic mass is 35.5. The van der Waals surface area contributed by atoms with E-state index in [0.29, 0.717) is 16.3 Å². The molecular formula is C28H32ClN3O5S. The van der Waals surface area contributed by atoms with Crippen LogP contribution in [0.15, 0.2) is 71.6 Å². The number of halogens is 1. The summed E-state index contributed by atoms with van der Waals surface area (Å²) in [6, 6.07) is 17.5. The molecule has 0 radical (unpaired) electrons. The third-order valence-electron chi connectivity index (χ3n) is 6.25. The van der Waals surface area contributed by atoms with E-state index in [0.717, 1.165) is 15.4 Å². The first-order valence-electron chi connectivity index (χ1n) is 12.0. The molecule has 0 aromatic heterocycles. The predicted molar refractivity (Wildman–Crippen MR) is 149 cm³/mol. The molecule has 3 aromatic rings. The molecule has 0 fully saturated rings. The predicted octanol–water partition coefficient (Wildman–Crippen LogP) is 4.32. The van der Waals surface area contributed by atoms with E-state index >= 15 is 0 Å². The summed E-state index contributed by atoms with van der Waals surface area (Å²) in [5, 5.41) is 2.89. The van der Waals surface area contributed by atoms with Crippen molar-refractivity contribution >= 4 is 39.1 Å². The fourth-order valence-corrected chi connectivity index (χ4v) is 5.56. The zero-order chi connectivity index (χ0) is 28.0. The Kier molecular flexibility index (Phi) is 9.40. The molecule has 3 rings (SSSR count). The van der Waals surface area contributed by atoms with Crippen LogP contribution >= 0.6 is 11.6 Å². The molecule has 0 saturated carbocycles. The standard InChI is InChI=1S/C28H32ClN3O5S/c1-19-6-14-25(15-7-19)38(35,36)32(26-16-23(29)11-8-20(26)2)18-27(33)31(21(3)28(34)30-4)17-22-9-12-24(37-5)13-10-22/h6-16,21H,17-18H2,1-5H3,(H,30,34)/t21-/m0/s1. The number of sulfonamides is 1. The number of benzene rings is 3. The van der Waals surface area contributed by atoms with Gasteiger partial charge in [-0.1, -0.05) is 47.5 Å². The van der Waals surface area contributed by atoms with Gasteiger partial charge in [-0.05, 0) is 68.3 Å². The lowest BCUT2D eigenvalue weighted by Crippen LogP contribution is -2.50. The molecule has 8 nitrogen and oxygen atoms in total. The molecule has 0 aliphatic rings. The van der Waals surface area contributed by atoms with Gasteiger partial charge in [0.05, 0.1) is 17.7 Å². The minimum absolute atomic E-state index is 0.0383. The average Bonchev–Trinajstić information content (AvgIpc) is 2.91. The van der Waals surface area contributed by atoms with Gasteiger partial charge < -0.3 is 15.0 Å². The number of methoxy groups -OCH3 is 1. The van der Waals surface area contributed by atoms with E-state index < -0.39 is 28.5 Å². The number of carbonyl (C=O) groups excluding carboxylic acids is 2. The van der Waals surface area contributed by atoms with Crippen LogP contribution < -0.4 is 14.4 Å². The SMILES string of the molecule is CNC(=O)[C@H](C)N(Cc1ccc(OC)cc1)C(=O)CN(c1cc(Cl)ccc1C)S(=O)(=O)c1ccc(C)cc1. The fourth-order valence-electron chi connectivity index (χ4n) is 3.92. The highest BCUT2D eigenvalue weighted by Crippen LogP contribution is 2.30. The van der Waals surface area contributed by atoms with Crippen molar-refractivity contribution in [1.82, 2.24) is 10.2 Å². The van der Waals surface area contributed by atoms with Gasteiger partial charge in [-0.25, -0.2) is 8.42 Å². The number of amides is 2. The number of anilines is 1. The van der Waals surface area contributed by atoms with Crippen molar-refractivity contribution in [3.8, 4) is 5.75 Å². The number of nitrogens with one attached hydrogen (secondary N) is 1. The van der Waals surface area contributed by atoms with Crippen molar-refractivity contribution in [2.75, 3.05) is 25.0 Å². The van der Waals surface area contributed by atoms with E-state index in [9.17, 15) is 18.0 Å². The lowest BCUT2D eigenvalue weighted by atomic mass is 10.1. The van der Waals surface area contributed by atoms with E-state index in [1.54, 1.807) is 69.5 Å². The minimum Gasteiger partial charge on any atom is -0.497 e. The van der Waals surface area contributed by atoms with Crippen molar-refractivity contribution in [1.29, 1.82) is 0 Å². The van der Waals surface area contributed by atoms with Gasteiger partial charge in [-0.15, -0.1) is 0 Å². The van der Waals surface area contributed by atoms with Gasteiger partial charge in [0.2, 0.25) is 11.8 Å². The van der Waals surface area contributed by atoms with Crippen molar-refractivity contribution in [2.45, 2.75) is 38.3 Å². The fraction of sp³-hybridized carbons (Fsp3) is 0.286. The maximum atomic E-state index is 13.9. The second-order valence-electron chi connectivity index (χ2n) is 8.92. The zero-order valence-corrected chi connectivity index (χ0v) is 23.6. The summed E-state index contributed by atoms with van der Waals surface area (Å²) in [5.41, 5.74) is 2.56. The molecule has 0 spiro atoms. The van der Waals surface area contributed by atoms with E-state index in [2.05, 4.69) is 5.32 Å². The van der Waals surface area contributed by atoms with Gasteiger partial charge in [0, 0.05) is 18.6 Å². The van der Waals surface area contributed by atoms with Crippen molar-refractivity contribution < 1.29 is 22.7 Å². The Morgan fingerprint density at radius 1 is 1.00 bits per heavy atom. The topological polar surface area (TPSA) is 96.0 Å². The number of hydrogen-bond donors (Lipinski definition) is 1. The van der Waals surface area contributed by atoms with Crippen LogP contribution in [0.2, 0.25) is 5.02 Å². The minimum atomic E-state index is -4.16.